The van der Waals surface area contributed by atoms with Crippen molar-refractivity contribution in [1.82, 2.24) is 19.9 Å². The number of nitrogens with two attached hydrogens (primary N) is 1. The van der Waals surface area contributed by atoms with Crippen molar-refractivity contribution in [1.29, 1.82) is 0 Å². The second-order valence-corrected chi connectivity index (χ2v) is 6.62. The number of hydrogen-bond donors (Lipinski definition) is 1. The predicted molar refractivity (Wildman–Crippen MR) is 106 cm³/mol. The lowest BCUT2D eigenvalue weighted by atomic mass is 10.1. The molecule has 0 fully saturated rings. The molecule has 0 saturated heterocycles. The third-order valence-electron chi connectivity index (χ3n) is 3.73. The molecule has 28 heavy (non-hydrogen) atoms. The van der Waals surface area contributed by atoms with E-state index in [-0.39, 0.29) is 30.9 Å². The summed E-state index contributed by atoms with van der Waals surface area (Å²) in [6.07, 6.45) is 6.85. The number of nitrogens with zero attached hydrogens (tertiary/aromatic N) is 4. The van der Waals surface area contributed by atoms with Crippen LogP contribution < -0.4 is 15.2 Å². The van der Waals surface area contributed by atoms with Crippen LogP contribution >= 0.6 is 11.8 Å². The van der Waals surface area contributed by atoms with E-state index in [1.165, 1.54) is 6.20 Å². The summed E-state index contributed by atoms with van der Waals surface area (Å²) in [5.41, 5.74) is 7.94. The summed E-state index contributed by atoms with van der Waals surface area (Å²) in [4.78, 5) is 28.7. The maximum absolute atomic E-state index is 11.4. The lowest BCUT2D eigenvalue weighted by Gasteiger charge is -2.11. The molecule has 9 heteroatoms. The molecule has 3 aromatic rings. The molecule has 0 aliphatic heterocycles. The predicted octanol–water partition coefficient (Wildman–Crippen LogP) is 2.52. The van der Waals surface area contributed by atoms with Gasteiger partial charge >= 0.3 is 6.01 Å². The Morgan fingerprint density at radius 1 is 1.04 bits per heavy atom. The van der Waals surface area contributed by atoms with E-state index < -0.39 is 5.91 Å². The molecule has 3 rings (SSSR count). The first-order chi connectivity index (χ1) is 13.6. The molecular formula is C19H19N5O3S. The van der Waals surface area contributed by atoms with Crippen LogP contribution in [0, 0.1) is 6.92 Å². The summed E-state index contributed by atoms with van der Waals surface area (Å²) >= 11 is 1.55. The van der Waals surface area contributed by atoms with Crippen molar-refractivity contribution in [2.75, 3.05) is 19.5 Å². The van der Waals surface area contributed by atoms with Crippen LogP contribution in [-0.2, 0) is 0 Å². The highest BCUT2D eigenvalue weighted by Gasteiger charge is 2.14. The van der Waals surface area contributed by atoms with Crippen molar-refractivity contribution >= 4 is 17.7 Å². The number of primary amides is 1. The molecule has 0 unspecified atom stereocenters. The highest BCUT2D eigenvalue weighted by Crippen LogP contribution is 2.28. The summed E-state index contributed by atoms with van der Waals surface area (Å²) in [5, 5.41) is 0. The summed E-state index contributed by atoms with van der Waals surface area (Å²) in [5.74, 6) is -0.573. The first kappa shape index (κ1) is 19.6. The number of benzene rings is 1. The minimum Gasteiger partial charge on any atom is -0.474 e. The quantitative estimate of drug-likeness (QED) is 0.456. The van der Waals surface area contributed by atoms with Crippen molar-refractivity contribution in [2.45, 2.75) is 11.8 Å². The maximum Gasteiger partial charge on any atom is 0.316 e. The molecule has 8 nitrogen and oxygen atoms in total. The van der Waals surface area contributed by atoms with Crippen LogP contribution in [-0.4, -0.2) is 45.3 Å². The molecule has 1 amide bonds. The average Bonchev–Trinajstić information content (AvgIpc) is 2.72. The Bertz CT molecular complexity index is 949. The van der Waals surface area contributed by atoms with E-state index in [1.807, 2.05) is 37.4 Å². The normalized spacial score (nSPS) is 10.5. The van der Waals surface area contributed by atoms with Gasteiger partial charge in [-0.15, -0.1) is 11.8 Å². The van der Waals surface area contributed by atoms with Gasteiger partial charge in [-0.2, -0.15) is 4.98 Å². The lowest BCUT2D eigenvalue weighted by Crippen LogP contribution is -2.17. The van der Waals surface area contributed by atoms with E-state index in [1.54, 1.807) is 24.2 Å². The van der Waals surface area contributed by atoms with Gasteiger partial charge in [-0.1, -0.05) is 29.8 Å². The van der Waals surface area contributed by atoms with Crippen LogP contribution in [0.25, 0.3) is 11.1 Å². The van der Waals surface area contributed by atoms with Gasteiger partial charge in [0, 0.05) is 23.5 Å². The fraction of sp³-hybridized carbons (Fsp3) is 0.211. The van der Waals surface area contributed by atoms with Crippen molar-refractivity contribution in [3.8, 4) is 23.0 Å². The average molecular weight is 397 g/mol. The van der Waals surface area contributed by atoms with E-state index >= 15 is 0 Å². The Labute approximate surface area is 166 Å². The molecule has 0 saturated carbocycles. The Kier molecular flexibility index (Phi) is 6.38. The fourth-order valence-corrected chi connectivity index (χ4v) is 2.60. The number of aromatic nitrogens is 4. The van der Waals surface area contributed by atoms with Crippen LogP contribution in [0.15, 0.2) is 47.8 Å². The SMILES string of the molecule is CSc1cnc(OCCOc2nc(C(N)=O)ncc2-c2ccc(C)cc2)nc1. The Hall–Kier alpha value is -3.20. The first-order valence-electron chi connectivity index (χ1n) is 8.42. The van der Waals surface area contributed by atoms with Gasteiger partial charge in [0.1, 0.15) is 13.2 Å². The smallest absolute Gasteiger partial charge is 0.316 e. The molecule has 1 aromatic carbocycles. The van der Waals surface area contributed by atoms with Crippen molar-refractivity contribution in [2.24, 2.45) is 5.73 Å². The van der Waals surface area contributed by atoms with E-state index in [2.05, 4.69) is 19.9 Å². The lowest BCUT2D eigenvalue weighted by molar-refractivity contribution is 0.0989. The monoisotopic (exact) mass is 397 g/mol. The molecule has 0 aliphatic carbocycles. The first-order valence-corrected chi connectivity index (χ1v) is 9.65. The molecular weight excluding hydrogens is 378 g/mol. The van der Waals surface area contributed by atoms with Gasteiger partial charge in [-0.3, -0.25) is 4.79 Å². The molecule has 0 atom stereocenters. The highest BCUT2D eigenvalue weighted by molar-refractivity contribution is 7.98. The van der Waals surface area contributed by atoms with Crippen molar-refractivity contribution < 1.29 is 14.3 Å². The van der Waals surface area contributed by atoms with Crippen molar-refractivity contribution in [3.05, 3.63) is 54.2 Å². The fourth-order valence-electron chi connectivity index (χ4n) is 2.28. The summed E-state index contributed by atoms with van der Waals surface area (Å²) in [6.45, 7) is 2.39. The number of carbonyl (C=O) groups is 1. The number of ether oxygens (including phenoxy) is 2. The third kappa shape index (κ3) is 4.95. The Morgan fingerprint density at radius 3 is 2.36 bits per heavy atom. The number of carbonyl (C=O) groups excluding carboxylic acids is 1. The highest BCUT2D eigenvalue weighted by atomic mass is 32.2. The molecule has 0 bridgehead atoms. The zero-order valence-corrected chi connectivity index (χ0v) is 16.3. The van der Waals surface area contributed by atoms with Gasteiger partial charge < -0.3 is 15.2 Å². The summed E-state index contributed by atoms with van der Waals surface area (Å²) < 4.78 is 11.2. The number of hydrogen-bond acceptors (Lipinski definition) is 8. The van der Waals surface area contributed by atoms with Crippen LogP contribution in [0.2, 0.25) is 0 Å². The van der Waals surface area contributed by atoms with E-state index in [0.29, 0.717) is 5.56 Å². The number of thioether (sulfide) groups is 1. The van der Waals surface area contributed by atoms with Crippen LogP contribution in [0.4, 0.5) is 0 Å². The minimum atomic E-state index is -0.723. The van der Waals surface area contributed by atoms with Gasteiger partial charge in [-0.05, 0) is 18.7 Å². The third-order valence-corrected chi connectivity index (χ3v) is 4.41. The molecule has 2 N–H and O–H groups in total. The molecule has 2 aromatic heterocycles. The second-order valence-electron chi connectivity index (χ2n) is 5.75. The van der Waals surface area contributed by atoms with Crippen molar-refractivity contribution in [3.63, 3.8) is 0 Å². The van der Waals surface area contributed by atoms with E-state index in [4.69, 9.17) is 15.2 Å². The minimum absolute atomic E-state index is 0.109. The largest absolute Gasteiger partial charge is 0.474 e. The van der Waals surface area contributed by atoms with Crippen LogP contribution in [0.1, 0.15) is 16.2 Å². The summed E-state index contributed by atoms with van der Waals surface area (Å²) in [6, 6.07) is 8.07. The van der Waals surface area contributed by atoms with Crippen LogP contribution in [0.3, 0.4) is 0 Å². The van der Waals surface area contributed by atoms with Crippen LogP contribution in [0.5, 0.6) is 11.9 Å². The summed E-state index contributed by atoms with van der Waals surface area (Å²) in [7, 11) is 0. The zero-order chi connectivity index (χ0) is 19.9. The molecule has 144 valence electrons. The Morgan fingerprint density at radius 2 is 1.71 bits per heavy atom. The second kappa shape index (κ2) is 9.14. The van der Waals surface area contributed by atoms with Gasteiger partial charge in [0.25, 0.3) is 5.91 Å². The molecule has 0 aliphatic rings. The van der Waals surface area contributed by atoms with Gasteiger partial charge in [0.2, 0.25) is 11.7 Å². The maximum atomic E-state index is 11.4. The van der Waals surface area contributed by atoms with E-state index in [0.717, 1.165) is 16.0 Å². The molecule has 0 spiro atoms. The molecule has 0 radical (unpaired) electrons. The van der Waals surface area contributed by atoms with Gasteiger partial charge in [0.05, 0.1) is 5.56 Å². The number of aryl methyl sites for hydroxylation is 1. The standard InChI is InChI=1S/C19H19N5O3S/c1-12-3-5-13(6-4-12)15-11-21-17(16(20)25)24-18(15)26-7-8-27-19-22-9-14(28-2)10-23-19/h3-6,9-11H,7-8H2,1-2H3,(H2,20,25). The topological polar surface area (TPSA) is 113 Å². The van der Waals surface area contributed by atoms with Gasteiger partial charge in [0.15, 0.2) is 0 Å². The zero-order valence-electron chi connectivity index (χ0n) is 15.5. The molecule has 2 heterocycles. The van der Waals surface area contributed by atoms with Gasteiger partial charge in [-0.25, -0.2) is 15.0 Å². The number of rotatable bonds is 8. The number of amides is 1. The Balaban J connectivity index is 1.70. The van der Waals surface area contributed by atoms with E-state index in [9.17, 15) is 4.79 Å².